The molecule has 1 fully saturated rings. The minimum absolute atomic E-state index is 0.0197. The van der Waals surface area contributed by atoms with Crippen molar-refractivity contribution in [3.63, 3.8) is 0 Å². The van der Waals surface area contributed by atoms with Gasteiger partial charge in [-0.25, -0.2) is 0 Å². The maximum atomic E-state index is 12.3. The van der Waals surface area contributed by atoms with Crippen molar-refractivity contribution >= 4 is 22.1 Å². The highest BCUT2D eigenvalue weighted by molar-refractivity contribution is 7.86. The van der Waals surface area contributed by atoms with E-state index in [0.29, 0.717) is 13.1 Å². The highest BCUT2D eigenvalue weighted by Gasteiger charge is 2.32. The quantitative estimate of drug-likeness (QED) is 0.707. The van der Waals surface area contributed by atoms with Gasteiger partial charge in [0.1, 0.15) is 0 Å². The Balaban J connectivity index is 2.59. The summed E-state index contributed by atoms with van der Waals surface area (Å²) in [4.78, 5) is 24.0. The molecular weight excluding hydrogens is 298 g/mol. The van der Waals surface area contributed by atoms with Crippen LogP contribution in [0.1, 0.15) is 20.3 Å². The van der Waals surface area contributed by atoms with E-state index in [1.165, 1.54) is 11.4 Å². The van der Waals surface area contributed by atoms with Crippen LogP contribution in [-0.2, 0) is 19.8 Å². The molecule has 0 bridgehead atoms. The van der Waals surface area contributed by atoms with E-state index in [9.17, 15) is 18.0 Å². The van der Waals surface area contributed by atoms with E-state index < -0.39 is 16.2 Å². The minimum Gasteiger partial charge on any atom is -0.481 e. The number of carbonyl (C=O) groups is 2. The van der Waals surface area contributed by atoms with Crippen LogP contribution in [0.3, 0.4) is 0 Å². The average Bonchev–Trinajstić information content (AvgIpc) is 2.43. The van der Waals surface area contributed by atoms with E-state index >= 15 is 0 Å². The van der Waals surface area contributed by atoms with Crippen LogP contribution in [0, 0.1) is 5.92 Å². The molecule has 0 aliphatic carbocycles. The van der Waals surface area contributed by atoms with Gasteiger partial charge in [-0.15, -0.1) is 0 Å². The fraction of sp³-hybridized carbons (Fsp3) is 0.833. The fourth-order valence-corrected chi connectivity index (χ4v) is 3.41. The molecule has 8 nitrogen and oxygen atoms in total. The molecular formula is C12H23N3O5S. The molecule has 0 radical (unpaired) electrons. The van der Waals surface area contributed by atoms with Crippen molar-refractivity contribution < 1.29 is 23.1 Å². The van der Waals surface area contributed by atoms with E-state index in [4.69, 9.17) is 5.11 Å². The summed E-state index contributed by atoms with van der Waals surface area (Å²) >= 11 is 0. The number of piperazine rings is 1. The Kier molecular flexibility index (Phi) is 6.11. The van der Waals surface area contributed by atoms with Gasteiger partial charge in [0.2, 0.25) is 5.91 Å². The molecule has 1 rings (SSSR count). The normalized spacial score (nSPS) is 17.5. The number of rotatable bonds is 6. The Hall–Kier alpha value is -1.19. The van der Waals surface area contributed by atoms with Gasteiger partial charge in [0.05, 0.1) is 6.42 Å². The van der Waals surface area contributed by atoms with Crippen molar-refractivity contribution in [2.45, 2.75) is 20.3 Å². The Bertz CT molecular complexity index is 483. The van der Waals surface area contributed by atoms with Crippen molar-refractivity contribution in [2.75, 3.05) is 39.8 Å². The first-order valence-corrected chi connectivity index (χ1v) is 8.28. The van der Waals surface area contributed by atoms with Gasteiger partial charge >= 0.3 is 5.97 Å². The zero-order chi connectivity index (χ0) is 16.2. The Morgan fingerprint density at radius 2 is 1.71 bits per heavy atom. The predicted octanol–water partition coefficient (Wildman–Crippen LogP) is -0.562. The first-order valence-electron chi connectivity index (χ1n) is 6.88. The largest absolute Gasteiger partial charge is 0.481 e. The summed E-state index contributed by atoms with van der Waals surface area (Å²) in [6.45, 7) is 4.75. The van der Waals surface area contributed by atoms with E-state index in [1.807, 2.05) is 13.8 Å². The number of nitrogens with zero attached hydrogens (tertiary/aromatic N) is 3. The molecule has 1 heterocycles. The van der Waals surface area contributed by atoms with Crippen LogP contribution in [0.4, 0.5) is 0 Å². The second-order valence-corrected chi connectivity index (χ2v) is 7.39. The summed E-state index contributed by atoms with van der Waals surface area (Å²) in [5.41, 5.74) is 0. The predicted molar refractivity (Wildman–Crippen MR) is 76.8 cm³/mol. The van der Waals surface area contributed by atoms with Gasteiger partial charge in [-0.1, -0.05) is 13.8 Å². The number of hydrogen-bond acceptors (Lipinski definition) is 4. The van der Waals surface area contributed by atoms with Gasteiger partial charge in [0, 0.05) is 45.7 Å². The molecule has 1 aliphatic heterocycles. The average molecular weight is 321 g/mol. The van der Waals surface area contributed by atoms with Crippen LogP contribution in [0.25, 0.3) is 0 Å². The molecule has 0 aromatic heterocycles. The molecule has 0 aromatic rings. The smallest absolute Gasteiger partial charge is 0.304 e. The molecule has 122 valence electrons. The summed E-state index contributed by atoms with van der Waals surface area (Å²) in [6, 6.07) is 0. The Morgan fingerprint density at radius 1 is 1.19 bits per heavy atom. The van der Waals surface area contributed by atoms with Crippen LogP contribution in [0.5, 0.6) is 0 Å². The van der Waals surface area contributed by atoms with Gasteiger partial charge in [0.15, 0.2) is 0 Å². The summed E-state index contributed by atoms with van der Waals surface area (Å²) < 4.78 is 26.9. The minimum atomic E-state index is -3.66. The Labute approximate surface area is 125 Å². The Morgan fingerprint density at radius 3 is 2.14 bits per heavy atom. The van der Waals surface area contributed by atoms with Crippen LogP contribution < -0.4 is 0 Å². The second-order valence-electron chi connectivity index (χ2n) is 5.35. The van der Waals surface area contributed by atoms with Gasteiger partial charge in [0.25, 0.3) is 10.2 Å². The molecule has 0 unspecified atom stereocenters. The van der Waals surface area contributed by atoms with Crippen LogP contribution >= 0.6 is 0 Å². The first-order chi connectivity index (χ1) is 9.66. The lowest BCUT2D eigenvalue weighted by molar-refractivity contribution is -0.137. The fourth-order valence-electron chi connectivity index (χ4n) is 2.07. The molecule has 0 saturated carbocycles. The molecule has 1 saturated heterocycles. The van der Waals surface area contributed by atoms with Crippen molar-refractivity contribution in [1.29, 1.82) is 0 Å². The SMILES string of the molecule is CC(C)C(=O)N1CCN(S(=O)(=O)N(C)CCC(=O)O)CC1. The number of carbonyl (C=O) groups excluding carboxylic acids is 1. The summed E-state index contributed by atoms with van der Waals surface area (Å²) in [5.74, 6) is -1.12. The van der Waals surface area contributed by atoms with E-state index in [2.05, 4.69) is 0 Å². The van der Waals surface area contributed by atoms with E-state index in [-0.39, 0.29) is 37.9 Å². The number of hydrogen-bond donors (Lipinski definition) is 1. The summed E-state index contributed by atoms with van der Waals surface area (Å²) in [5, 5.41) is 8.61. The molecule has 21 heavy (non-hydrogen) atoms. The summed E-state index contributed by atoms with van der Waals surface area (Å²) in [7, 11) is -2.30. The second kappa shape index (κ2) is 7.19. The number of carboxylic acid groups (broad SMARTS) is 1. The molecule has 9 heteroatoms. The molecule has 0 spiro atoms. The van der Waals surface area contributed by atoms with E-state index in [0.717, 1.165) is 4.31 Å². The van der Waals surface area contributed by atoms with Crippen molar-refractivity contribution in [1.82, 2.24) is 13.5 Å². The van der Waals surface area contributed by atoms with Gasteiger partial charge in [-0.3, -0.25) is 9.59 Å². The van der Waals surface area contributed by atoms with Crippen molar-refractivity contribution in [3.8, 4) is 0 Å². The monoisotopic (exact) mass is 321 g/mol. The van der Waals surface area contributed by atoms with E-state index in [1.54, 1.807) is 4.90 Å². The number of amides is 1. The molecule has 1 aliphatic rings. The van der Waals surface area contributed by atoms with Crippen molar-refractivity contribution in [3.05, 3.63) is 0 Å². The number of aliphatic carboxylic acids is 1. The maximum Gasteiger partial charge on any atom is 0.304 e. The first kappa shape index (κ1) is 17.9. The lowest BCUT2D eigenvalue weighted by Crippen LogP contribution is -2.54. The zero-order valence-corrected chi connectivity index (χ0v) is 13.5. The van der Waals surface area contributed by atoms with Crippen LogP contribution in [0.2, 0.25) is 0 Å². The third kappa shape index (κ3) is 4.65. The van der Waals surface area contributed by atoms with Crippen LogP contribution in [0.15, 0.2) is 0 Å². The maximum absolute atomic E-state index is 12.3. The third-order valence-electron chi connectivity index (χ3n) is 3.40. The van der Waals surface area contributed by atoms with Gasteiger partial charge in [-0.05, 0) is 0 Å². The highest BCUT2D eigenvalue weighted by Crippen LogP contribution is 2.13. The lowest BCUT2D eigenvalue weighted by Gasteiger charge is -2.36. The molecule has 0 aromatic carbocycles. The van der Waals surface area contributed by atoms with Crippen molar-refractivity contribution in [2.24, 2.45) is 5.92 Å². The van der Waals surface area contributed by atoms with Gasteiger partial charge < -0.3 is 10.0 Å². The third-order valence-corrected chi connectivity index (χ3v) is 5.39. The van der Waals surface area contributed by atoms with Crippen LogP contribution in [-0.4, -0.2) is 78.7 Å². The van der Waals surface area contributed by atoms with Gasteiger partial charge in [-0.2, -0.15) is 17.0 Å². The summed E-state index contributed by atoms with van der Waals surface area (Å²) in [6.07, 6.45) is -0.235. The zero-order valence-electron chi connectivity index (χ0n) is 12.7. The molecule has 1 N–H and O–H groups in total. The standard InChI is InChI=1S/C12H23N3O5S/c1-10(2)12(18)14-6-8-15(9-7-14)21(19,20)13(3)5-4-11(16)17/h10H,4-9H2,1-3H3,(H,16,17). The highest BCUT2D eigenvalue weighted by atomic mass is 32.2. The lowest BCUT2D eigenvalue weighted by atomic mass is 10.2. The number of carboxylic acids is 1. The molecule has 0 atom stereocenters. The molecule has 1 amide bonds. The topological polar surface area (TPSA) is 98.2 Å².